The number of hydrogen-bond donors (Lipinski definition) is 2. The molecule has 2 aromatic rings. The first-order valence-electron chi connectivity index (χ1n) is 13.4. The highest BCUT2D eigenvalue weighted by molar-refractivity contribution is 8.01. The minimum Gasteiger partial charge on any atom is -0.379 e. The number of ether oxygens (including phenoxy) is 1. The lowest BCUT2D eigenvalue weighted by molar-refractivity contribution is -0.136. The van der Waals surface area contributed by atoms with E-state index in [2.05, 4.69) is 15.5 Å². The molecule has 41 heavy (non-hydrogen) atoms. The number of amides is 3. The van der Waals surface area contributed by atoms with Crippen molar-refractivity contribution in [2.24, 2.45) is 0 Å². The van der Waals surface area contributed by atoms with Crippen LogP contribution in [0, 0.1) is 0 Å². The van der Waals surface area contributed by atoms with Gasteiger partial charge in [-0.15, -0.1) is 11.8 Å². The zero-order valence-corrected chi connectivity index (χ0v) is 26.2. The molecule has 2 aliphatic rings. The van der Waals surface area contributed by atoms with Gasteiger partial charge in [0, 0.05) is 48.2 Å². The first kappa shape index (κ1) is 32.2. The average Bonchev–Trinajstić information content (AvgIpc) is 3.23. The maximum atomic E-state index is 13.5. The van der Waals surface area contributed by atoms with Crippen LogP contribution in [-0.4, -0.2) is 85.3 Å². The standard InChI is InChI=1S/C28H32Cl4N4O4S/c29-19-3-4-20(22(31)15-19)28-36(17-26(38)33-7-1-9-35-10-12-40-13-11-35)27(39)24(41-28)16-25(37)34-8-6-18-2-5-21(30)23(32)14-18/h2-5,14-15,24,28H,1,6-13,16-17H2,(H,33,38)(H,34,37)/t24-,28-/m1/s1. The monoisotopic (exact) mass is 660 g/mol. The predicted octanol–water partition coefficient (Wildman–Crippen LogP) is 4.83. The lowest BCUT2D eigenvalue weighted by Gasteiger charge is -2.26. The van der Waals surface area contributed by atoms with Gasteiger partial charge in [-0.1, -0.05) is 58.5 Å². The SMILES string of the molecule is O=C(C[C@H]1S[C@H](c2ccc(Cl)cc2Cl)N(CC(=O)NCCCN2CCOCC2)C1=O)NCCc1ccc(Cl)c(Cl)c1. The molecule has 2 aliphatic heterocycles. The second kappa shape index (κ2) is 15.7. The Morgan fingerprint density at radius 1 is 0.927 bits per heavy atom. The van der Waals surface area contributed by atoms with E-state index in [9.17, 15) is 14.4 Å². The topological polar surface area (TPSA) is 91.0 Å². The van der Waals surface area contributed by atoms with Crippen molar-refractivity contribution in [3.63, 3.8) is 0 Å². The third-order valence-corrected chi connectivity index (χ3v) is 9.61. The summed E-state index contributed by atoms with van der Waals surface area (Å²) in [5.74, 6) is -0.803. The zero-order valence-electron chi connectivity index (χ0n) is 22.3. The Hall–Kier alpha value is -1.72. The summed E-state index contributed by atoms with van der Waals surface area (Å²) in [6.07, 6.45) is 1.34. The van der Waals surface area contributed by atoms with Crippen molar-refractivity contribution in [2.45, 2.75) is 29.9 Å². The van der Waals surface area contributed by atoms with Crippen molar-refractivity contribution in [3.05, 3.63) is 67.6 Å². The fourth-order valence-corrected chi connectivity index (χ4v) is 7.06. The van der Waals surface area contributed by atoms with Crippen LogP contribution in [0.2, 0.25) is 20.1 Å². The second-order valence-electron chi connectivity index (χ2n) is 9.82. The van der Waals surface area contributed by atoms with Gasteiger partial charge in [0.15, 0.2) is 0 Å². The highest BCUT2D eigenvalue weighted by Gasteiger charge is 2.43. The fourth-order valence-electron chi connectivity index (χ4n) is 4.67. The third kappa shape index (κ3) is 9.38. The molecule has 0 aliphatic carbocycles. The molecule has 0 saturated carbocycles. The smallest absolute Gasteiger partial charge is 0.239 e. The Labute approximate surface area is 264 Å². The summed E-state index contributed by atoms with van der Waals surface area (Å²) < 4.78 is 5.37. The Morgan fingerprint density at radius 2 is 1.68 bits per heavy atom. The van der Waals surface area contributed by atoms with E-state index >= 15 is 0 Å². The Balaban J connectivity index is 1.33. The third-order valence-electron chi connectivity index (χ3n) is 6.84. The lowest BCUT2D eigenvalue weighted by atomic mass is 10.1. The number of morpholine rings is 1. The van der Waals surface area contributed by atoms with Crippen LogP contribution in [0.5, 0.6) is 0 Å². The number of thioether (sulfide) groups is 1. The van der Waals surface area contributed by atoms with Gasteiger partial charge in [0.05, 0.1) is 28.5 Å². The van der Waals surface area contributed by atoms with Gasteiger partial charge in [-0.05, 0) is 49.2 Å². The summed E-state index contributed by atoms with van der Waals surface area (Å²) in [5, 5.41) is 6.39. The highest BCUT2D eigenvalue weighted by Crippen LogP contribution is 2.46. The van der Waals surface area contributed by atoms with Crippen LogP contribution >= 0.6 is 58.2 Å². The van der Waals surface area contributed by atoms with Crippen LogP contribution < -0.4 is 10.6 Å². The molecule has 0 aromatic heterocycles. The number of carbonyl (C=O) groups excluding carboxylic acids is 3. The van der Waals surface area contributed by atoms with Crippen molar-refractivity contribution in [2.75, 3.05) is 52.5 Å². The molecular formula is C28H32Cl4N4O4S. The summed E-state index contributed by atoms with van der Waals surface area (Å²) in [4.78, 5) is 42.9. The molecule has 0 unspecified atom stereocenters. The molecule has 2 atom stereocenters. The molecule has 0 radical (unpaired) electrons. The minimum atomic E-state index is -0.661. The molecule has 13 heteroatoms. The number of nitrogens with zero attached hydrogens (tertiary/aromatic N) is 2. The van der Waals surface area contributed by atoms with Crippen molar-refractivity contribution in [1.82, 2.24) is 20.4 Å². The molecule has 2 N–H and O–H groups in total. The minimum absolute atomic E-state index is 0.0236. The molecule has 2 fully saturated rings. The normalized spacial score (nSPS) is 19.4. The second-order valence-corrected chi connectivity index (χ2v) is 12.8. The van der Waals surface area contributed by atoms with E-state index in [1.165, 1.54) is 16.7 Å². The number of hydrogen-bond acceptors (Lipinski definition) is 6. The van der Waals surface area contributed by atoms with Crippen LogP contribution in [0.25, 0.3) is 0 Å². The summed E-state index contributed by atoms with van der Waals surface area (Å²) in [6.45, 7) is 4.85. The number of halogens is 4. The highest BCUT2D eigenvalue weighted by atomic mass is 35.5. The first-order valence-corrected chi connectivity index (χ1v) is 15.8. The van der Waals surface area contributed by atoms with Gasteiger partial charge in [0.2, 0.25) is 17.7 Å². The molecule has 2 saturated heterocycles. The first-order chi connectivity index (χ1) is 19.7. The van der Waals surface area contributed by atoms with Crippen molar-refractivity contribution < 1.29 is 19.1 Å². The van der Waals surface area contributed by atoms with Gasteiger partial charge >= 0.3 is 0 Å². The van der Waals surface area contributed by atoms with Gasteiger partial charge in [-0.3, -0.25) is 19.3 Å². The van der Waals surface area contributed by atoms with E-state index in [1.54, 1.807) is 30.3 Å². The van der Waals surface area contributed by atoms with Crippen molar-refractivity contribution in [1.29, 1.82) is 0 Å². The number of rotatable bonds is 12. The largest absolute Gasteiger partial charge is 0.379 e. The molecule has 222 valence electrons. The number of nitrogens with one attached hydrogen (secondary N) is 2. The van der Waals surface area contributed by atoms with Gasteiger partial charge in [-0.2, -0.15) is 0 Å². The molecular weight excluding hydrogens is 630 g/mol. The Bertz CT molecular complexity index is 1250. The summed E-state index contributed by atoms with van der Waals surface area (Å²) in [5.41, 5.74) is 1.60. The molecule has 2 aromatic carbocycles. The van der Waals surface area contributed by atoms with Crippen LogP contribution in [-0.2, 0) is 25.5 Å². The van der Waals surface area contributed by atoms with Gasteiger partial charge in [0.25, 0.3) is 0 Å². The van der Waals surface area contributed by atoms with Crippen LogP contribution in [0.15, 0.2) is 36.4 Å². The Kier molecular flexibility index (Phi) is 12.3. The van der Waals surface area contributed by atoms with Gasteiger partial charge in [-0.25, -0.2) is 0 Å². The quantitative estimate of drug-likeness (QED) is 0.317. The summed E-state index contributed by atoms with van der Waals surface area (Å²) in [6, 6.07) is 10.4. The zero-order chi connectivity index (χ0) is 29.4. The van der Waals surface area contributed by atoms with E-state index in [1.807, 2.05) is 6.07 Å². The molecule has 2 heterocycles. The van der Waals surface area contributed by atoms with E-state index in [-0.39, 0.29) is 30.7 Å². The molecule has 0 bridgehead atoms. The van der Waals surface area contributed by atoms with Crippen LogP contribution in [0.4, 0.5) is 0 Å². The summed E-state index contributed by atoms with van der Waals surface area (Å²) >= 11 is 25.9. The van der Waals surface area contributed by atoms with Crippen LogP contribution in [0.1, 0.15) is 29.3 Å². The van der Waals surface area contributed by atoms with Gasteiger partial charge < -0.3 is 20.3 Å². The lowest BCUT2D eigenvalue weighted by Crippen LogP contribution is -2.42. The molecule has 3 amide bonds. The molecule has 8 nitrogen and oxygen atoms in total. The van der Waals surface area contributed by atoms with E-state index in [0.717, 1.165) is 44.8 Å². The molecule has 0 spiro atoms. The number of benzene rings is 2. The van der Waals surface area contributed by atoms with Crippen LogP contribution in [0.3, 0.4) is 0 Å². The van der Waals surface area contributed by atoms with Gasteiger partial charge in [0.1, 0.15) is 11.9 Å². The summed E-state index contributed by atoms with van der Waals surface area (Å²) in [7, 11) is 0. The van der Waals surface area contributed by atoms with E-state index in [0.29, 0.717) is 45.2 Å². The van der Waals surface area contributed by atoms with Crippen molar-refractivity contribution >= 4 is 75.9 Å². The Morgan fingerprint density at radius 3 is 2.41 bits per heavy atom. The molecule has 4 rings (SSSR count). The fraction of sp³-hybridized carbons (Fsp3) is 0.464. The van der Waals surface area contributed by atoms with E-state index < -0.39 is 10.6 Å². The maximum Gasteiger partial charge on any atom is 0.239 e. The predicted molar refractivity (Wildman–Crippen MR) is 165 cm³/mol. The van der Waals surface area contributed by atoms with Crippen molar-refractivity contribution in [3.8, 4) is 0 Å². The maximum absolute atomic E-state index is 13.5. The van der Waals surface area contributed by atoms with E-state index in [4.69, 9.17) is 51.1 Å². The average molecular weight is 662 g/mol. The number of carbonyl (C=O) groups is 3.